The van der Waals surface area contributed by atoms with Gasteiger partial charge in [0.25, 0.3) is 0 Å². The van der Waals surface area contributed by atoms with Crippen LogP contribution >= 0.6 is 11.8 Å². The van der Waals surface area contributed by atoms with Crippen molar-refractivity contribution < 1.29 is 9.84 Å². The highest BCUT2D eigenvalue weighted by atomic mass is 32.2. The number of thioether (sulfide) groups is 1. The average Bonchev–Trinajstić information content (AvgIpc) is 2.78. The number of unbranched alkanes of at least 4 members (excludes halogenated alkanes) is 15. The summed E-state index contributed by atoms with van der Waals surface area (Å²) in [5.41, 5.74) is 0. The first-order chi connectivity index (χ1) is 14.9. The molecule has 0 saturated carbocycles. The summed E-state index contributed by atoms with van der Waals surface area (Å²) in [7, 11) is 0. The van der Waals surface area contributed by atoms with E-state index in [1.165, 1.54) is 101 Å². The zero-order chi connectivity index (χ0) is 21.5. The van der Waals surface area contributed by atoms with Crippen molar-refractivity contribution in [1.29, 1.82) is 0 Å². The van der Waals surface area contributed by atoms with E-state index in [1.807, 2.05) is 18.2 Å². The number of aliphatic hydroxyl groups excluding tert-OH is 1. The van der Waals surface area contributed by atoms with Gasteiger partial charge < -0.3 is 9.84 Å². The Hall–Kier alpha value is -0.510. The van der Waals surface area contributed by atoms with Crippen LogP contribution in [0.3, 0.4) is 0 Å². The third-order valence-corrected chi connectivity index (χ3v) is 6.86. The fourth-order valence-electron chi connectivity index (χ4n) is 3.78. The molecule has 1 rings (SSSR count). The molecule has 1 aromatic rings. The van der Waals surface area contributed by atoms with Gasteiger partial charge >= 0.3 is 0 Å². The topological polar surface area (TPSA) is 29.5 Å². The summed E-state index contributed by atoms with van der Waals surface area (Å²) in [5, 5.41) is 9.66. The second-order valence-electron chi connectivity index (χ2n) is 8.61. The number of ether oxygens (including phenoxy) is 1. The van der Waals surface area contributed by atoms with Gasteiger partial charge in [-0.1, -0.05) is 121 Å². The molecule has 0 spiro atoms. The maximum atomic E-state index is 9.53. The van der Waals surface area contributed by atoms with Gasteiger partial charge in [-0.3, -0.25) is 0 Å². The molecule has 0 aliphatic carbocycles. The van der Waals surface area contributed by atoms with Crippen molar-refractivity contribution in [3.05, 3.63) is 30.3 Å². The van der Waals surface area contributed by atoms with Gasteiger partial charge in [0.2, 0.25) is 0 Å². The van der Waals surface area contributed by atoms with Gasteiger partial charge in [-0.05, 0) is 18.6 Å². The molecule has 1 unspecified atom stereocenters. The van der Waals surface area contributed by atoms with Gasteiger partial charge in [0.15, 0.2) is 0 Å². The summed E-state index contributed by atoms with van der Waals surface area (Å²) in [5.74, 6) is 0. The smallest absolute Gasteiger partial charge is 0.0610 e. The Morgan fingerprint density at radius 3 is 1.63 bits per heavy atom. The number of hydrogen-bond donors (Lipinski definition) is 1. The summed E-state index contributed by atoms with van der Waals surface area (Å²) < 4.78 is 5.80. The fraction of sp³-hybridized carbons (Fsp3) is 0.778. The van der Waals surface area contributed by atoms with E-state index in [1.54, 1.807) is 11.8 Å². The van der Waals surface area contributed by atoms with E-state index in [9.17, 15) is 5.11 Å². The summed E-state index contributed by atoms with van der Waals surface area (Å²) in [6.45, 7) is 3.91. The predicted molar refractivity (Wildman–Crippen MR) is 134 cm³/mol. The number of rotatable bonds is 22. The van der Waals surface area contributed by atoms with Crippen LogP contribution in [-0.4, -0.2) is 30.2 Å². The van der Waals surface area contributed by atoms with Gasteiger partial charge in [0, 0.05) is 11.5 Å². The minimum absolute atomic E-state index is 0.133. The van der Waals surface area contributed by atoms with Gasteiger partial charge in [0.1, 0.15) is 0 Å². The lowest BCUT2D eigenvalue weighted by molar-refractivity contribution is 0.117. The first-order valence-corrected chi connectivity index (χ1v) is 13.6. The van der Waals surface area contributed by atoms with E-state index >= 15 is 0 Å². The fourth-order valence-corrected chi connectivity index (χ4v) is 4.72. The highest BCUT2D eigenvalue weighted by Gasteiger charge is 2.09. The minimum Gasteiger partial charge on any atom is -0.395 e. The zero-order valence-corrected chi connectivity index (χ0v) is 20.5. The molecule has 0 aromatic heterocycles. The second-order valence-corrected chi connectivity index (χ2v) is 9.99. The lowest BCUT2D eigenvalue weighted by Crippen LogP contribution is -2.16. The van der Waals surface area contributed by atoms with Crippen molar-refractivity contribution in [2.24, 2.45) is 0 Å². The molecule has 0 radical (unpaired) electrons. The van der Waals surface area contributed by atoms with Crippen molar-refractivity contribution in [3.8, 4) is 0 Å². The van der Waals surface area contributed by atoms with Crippen molar-refractivity contribution in [3.63, 3.8) is 0 Å². The van der Waals surface area contributed by atoms with Crippen LogP contribution in [0.4, 0.5) is 0 Å². The molecule has 0 aliphatic heterocycles. The second kappa shape index (κ2) is 21.7. The van der Waals surface area contributed by atoms with Crippen molar-refractivity contribution >= 4 is 11.8 Å². The van der Waals surface area contributed by atoms with E-state index in [0.717, 1.165) is 13.0 Å². The van der Waals surface area contributed by atoms with E-state index in [-0.39, 0.29) is 11.9 Å². The molecule has 1 atom stereocenters. The summed E-state index contributed by atoms with van der Waals surface area (Å²) >= 11 is 1.70. The van der Waals surface area contributed by atoms with E-state index in [2.05, 4.69) is 19.1 Å². The first-order valence-electron chi connectivity index (χ1n) is 12.8. The number of aliphatic hydroxyl groups is 1. The summed E-state index contributed by atoms with van der Waals surface area (Å²) in [4.78, 5) is 1.20. The molecule has 30 heavy (non-hydrogen) atoms. The standard InChI is InChI=1S/C27H48O2S/c1-2-3-4-5-6-7-8-9-10-11-12-13-14-15-16-20-23-29-25-27(24-28)30-26-21-18-17-19-22-26/h17-19,21-22,27-28H,2-16,20,23-25H2,1H3. The van der Waals surface area contributed by atoms with Crippen LogP contribution in [-0.2, 0) is 4.74 Å². The van der Waals surface area contributed by atoms with Crippen LogP contribution in [0.1, 0.15) is 110 Å². The molecular weight excluding hydrogens is 388 g/mol. The normalized spacial score (nSPS) is 12.3. The van der Waals surface area contributed by atoms with Crippen molar-refractivity contribution in [1.82, 2.24) is 0 Å². The molecule has 2 nitrogen and oxygen atoms in total. The SMILES string of the molecule is CCCCCCCCCCCCCCCCCCOCC(CO)Sc1ccccc1. The predicted octanol–water partition coefficient (Wildman–Crippen LogP) is 8.42. The van der Waals surface area contributed by atoms with E-state index in [0.29, 0.717) is 6.61 Å². The largest absolute Gasteiger partial charge is 0.395 e. The Morgan fingerprint density at radius 2 is 1.17 bits per heavy atom. The molecule has 0 saturated heterocycles. The molecule has 0 heterocycles. The van der Waals surface area contributed by atoms with Crippen molar-refractivity contribution in [2.45, 2.75) is 120 Å². The molecule has 1 aromatic carbocycles. The molecule has 0 aliphatic rings. The molecule has 0 bridgehead atoms. The van der Waals surface area contributed by atoms with Gasteiger partial charge in [-0.25, -0.2) is 0 Å². The summed E-state index contributed by atoms with van der Waals surface area (Å²) in [6.07, 6.45) is 22.3. The maximum Gasteiger partial charge on any atom is 0.0610 e. The number of hydrogen-bond acceptors (Lipinski definition) is 3. The average molecular weight is 437 g/mol. The molecule has 0 amide bonds. The van der Waals surface area contributed by atoms with E-state index < -0.39 is 0 Å². The van der Waals surface area contributed by atoms with Crippen LogP contribution in [0.2, 0.25) is 0 Å². The number of benzene rings is 1. The Kier molecular flexibility index (Phi) is 19.9. The first kappa shape index (κ1) is 27.5. The molecule has 0 fully saturated rings. The quantitative estimate of drug-likeness (QED) is 0.146. The van der Waals surface area contributed by atoms with Crippen LogP contribution < -0.4 is 0 Å². The highest BCUT2D eigenvalue weighted by Crippen LogP contribution is 2.23. The minimum atomic E-state index is 0.133. The Bertz CT molecular complexity index is 451. The summed E-state index contributed by atoms with van der Waals surface area (Å²) in [6, 6.07) is 10.3. The third kappa shape index (κ3) is 17.2. The van der Waals surface area contributed by atoms with Gasteiger partial charge in [-0.15, -0.1) is 11.8 Å². The molecule has 1 N–H and O–H groups in total. The highest BCUT2D eigenvalue weighted by molar-refractivity contribution is 8.00. The molecule has 174 valence electrons. The maximum absolute atomic E-state index is 9.53. The third-order valence-electron chi connectivity index (χ3n) is 5.70. The lowest BCUT2D eigenvalue weighted by atomic mass is 10.0. The Balaban J connectivity index is 1.78. The monoisotopic (exact) mass is 436 g/mol. The van der Waals surface area contributed by atoms with Crippen LogP contribution in [0.5, 0.6) is 0 Å². The van der Waals surface area contributed by atoms with E-state index in [4.69, 9.17) is 4.74 Å². The van der Waals surface area contributed by atoms with Gasteiger partial charge in [0.05, 0.1) is 18.5 Å². The molecular formula is C27H48O2S. The van der Waals surface area contributed by atoms with Crippen LogP contribution in [0, 0.1) is 0 Å². The lowest BCUT2D eigenvalue weighted by Gasteiger charge is -2.14. The molecule has 3 heteroatoms. The Morgan fingerprint density at radius 1 is 0.700 bits per heavy atom. The van der Waals surface area contributed by atoms with Crippen LogP contribution in [0.25, 0.3) is 0 Å². The zero-order valence-electron chi connectivity index (χ0n) is 19.7. The van der Waals surface area contributed by atoms with Crippen LogP contribution in [0.15, 0.2) is 35.2 Å². The van der Waals surface area contributed by atoms with Gasteiger partial charge in [-0.2, -0.15) is 0 Å². The Labute approximate surface area is 191 Å². The van der Waals surface area contributed by atoms with Crippen molar-refractivity contribution in [2.75, 3.05) is 19.8 Å².